The first-order valence-electron chi connectivity index (χ1n) is 8.71. The van der Waals surface area contributed by atoms with Crippen molar-refractivity contribution >= 4 is 26.8 Å². The average molecular weight is 379 g/mol. The second-order valence-electron chi connectivity index (χ2n) is 6.94. The highest BCUT2D eigenvalue weighted by atomic mass is 32.2. The van der Waals surface area contributed by atoms with E-state index >= 15 is 0 Å². The molecule has 1 aromatic heterocycles. The largest absolute Gasteiger partial charge is 0.387 e. The van der Waals surface area contributed by atoms with Crippen LogP contribution in [-0.2, 0) is 21.9 Å². The molecule has 142 valence electrons. The minimum Gasteiger partial charge on any atom is -0.387 e. The van der Waals surface area contributed by atoms with Gasteiger partial charge < -0.3 is 15.0 Å². The molecule has 1 aliphatic rings. The number of amides is 1. The highest BCUT2D eigenvalue weighted by Gasteiger charge is 2.29. The van der Waals surface area contributed by atoms with Crippen molar-refractivity contribution in [1.29, 1.82) is 0 Å². The van der Waals surface area contributed by atoms with Crippen LogP contribution < -0.4 is 5.32 Å². The van der Waals surface area contributed by atoms with Gasteiger partial charge in [0.2, 0.25) is 15.9 Å². The number of aromatic nitrogens is 1. The van der Waals surface area contributed by atoms with Crippen LogP contribution in [-0.4, -0.2) is 54.2 Å². The lowest BCUT2D eigenvalue weighted by molar-refractivity contribution is -0.126. The van der Waals surface area contributed by atoms with Gasteiger partial charge in [0, 0.05) is 44.3 Å². The van der Waals surface area contributed by atoms with Crippen LogP contribution in [0.15, 0.2) is 30.5 Å². The third kappa shape index (κ3) is 4.08. The molecule has 1 saturated heterocycles. The van der Waals surface area contributed by atoms with E-state index in [0.717, 1.165) is 16.5 Å². The van der Waals surface area contributed by atoms with Gasteiger partial charge in [0.25, 0.3) is 0 Å². The number of nitrogens with one attached hydrogen (secondary N) is 1. The maximum absolute atomic E-state index is 12.3. The Morgan fingerprint density at radius 3 is 2.65 bits per heavy atom. The lowest BCUT2D eigenvalue weighted by Crippen LogP contribution is -2.43. The van der Waals surface area contributed by atoms with E-state index in [-0.39, 0.29) is 18.4 Å². The number of carbonyl (C=O) groups excluding carboxylic acids is 1. The molecule has 7 nitrogen and oxygen atoms in total. The van der Waals surface area contributed by atoms with E-state index < -0.39 is 16.1 Å². The third-order valence-electron chi connectivity index (χ3n) is 5.06. The summed E-state index contributed by atoms with van der Waals surface area (Å²) in [5, 5.41) is 14.2. The van der Waals surface area contributed by atoms with Gasteiger partial charge in [-0.25, -0.2) is 12.7 Å². The number of nitrogens with zero attached hydrogens (tertiary/aromatic N) is 2. The van der Waals surface area contributed by atoms with Gasteiger partial charge in [0.15, 0.2) is 0 Å². The van der Waals surface area contributed by atoms with Crippen molar-refractivity contribution in [2.45, 2.75) is 18.9 Å². The molecule has 8 heteroatoms. The molecule has 1 aromatic carbocycles. The Kier molecular flexibility index (Phi) is 5.36. The lowest BCUT2D eigenvalue weighted by Gasteiger charge is -2.29. The SMILES string of the molecule is Cn1ccc2cc(C(O)CNC(=O)C3CCN(S(C)(=O)=O)CC3)ccc21. The minimum absolute atomic E-state index is 0.127. The van der Waals surface area contributed by atoms with Gasteiger partial charge in [0.1, 0.15) is 0 Å². The second-order valence-corrected chi connectivity index (χ2v) is 8.92. The molecule has 1 atom stereocenters. The van der Waals surface area contributed by atoms with Crippen LogP contribution in [0.25, 0.3) is 10.9 Å². The van der Waals surface area contributed by atoms with Crippen molar-refractivity contribution in [3.8, 4) is 0 Å². The number of carbonyl (C=O) groups is 1. The second kappa shape index (κ2) is 7.38. The first-order chi connectivity index (χ1) is 12.3. The minimum atomic E-state index is -3.19. The number of hydrogen-bond donors (Lipinski definition) is 2. The van der Waals surface area contributed by atoms with Crippen LogP contribution in [0.3, 0.4) is 0 Å². The fourth-order valence-electron chi connectivity index (χ4n) is 3.42. The standard InChI is InChI=1S/C18H25N3O4S/c1-20-8-5-14-11-15(3-4-16(14)20)17(22)12-19-18(23)13-6-9-21(10-7-13)26(2,24)25/h3-5,8,11,13,17,22H,6-7,9-10,12H2,1-2H3,(H,19,23). The molecule has 0 saturated carbocycles. The Morgan fingerprint density at radius 1 is 1.31 bits per heavy atom. The van der Waals surface area contributed by atoms with Crippen LogP contribution in [0, 0.1) is 5.92 Å². The topological polar surface area (TPSA) is 91.6 Å². The van der Waals surface area contributed by atoms with Gasteiger partial charge in [-0.05, 0) is 42.0 Å². The Bertz CT molecular complexity index is 898. The molecular formula is C18H25N3O4S. The molecule has 1 unspecified atom stereocenters. The van der Waals surface area contributed by atoms with Crippen molar-refractivity contribution < 1.29 is 18.3 Å². The predicted molar refractivity (Wildman–Crippen MR) is 100 cm³/mol. The molecule has 1 aliphatic heterocycles. The molecule has 0 radical (unpaired) electrons. The van der Waals surface area contributed by atoms with Gasteiger partial charge in [-0.3, -0.25) is 4.79 Å². The van der Waals surface area contributed by atoms with E-state index in [0.29, 0.717) is 25.9 Å². The maximum atomic E-state index is 12.3. The number of aliphatic hydroxyl groups excluding tert-OH is 1. The van der Waals surface area contributed by atoms with E-state index in [2.05, 4.69) is 5.32 Å². The molecule has 0 spiro atoms. The molecule has 2 heterocycles. The number of piperidine rings is 1. The van der Waals surface area contributed by atoms with E-state index in [1.807, 2.05) is 42.1 Å². The highest BCUT2D eigenvalue weighted by Crippen LogP contribution is 2.22. The number of sulfonamides is 1. The summed E-state index contributed by atoms with van der Waals surface area (Å²) in [6, 6.07) is 7.73. The van der Waals surface area contributed by atoms with Crippen molar-refractivity contribution in [3.05, 3.63) is 36.0 Å². The van der Waals surface area contributed by atoms with Crippen LogP contribution in [0.2, 0.25) is 0 Å². The van der Waals surface area contributed by atoms with Gasteiger partial charge in [-0.1, -0.05) is 6.07 Å². The Hall–Kier alpha value is -1.90. The van der Waals surface area contributed by atoms with Crippen LogP contribution in [0.4, 0.5) is 0 Å². The summed E-state index contributed by atoms with van der Waals surface area (Å²) in [4.78, 5) is 12.3. The molecule has 0 bridgehead atoms. The summed E-state index contributed by atoms with van der Waals surface area (Å²) in [6.45, 7) is 0.873. The third-order valence-corrected chi connectivity index (χ3v) is 6.36. The molecular weight excluding hydrogens is 354 g/mol. The van der Waals surface area contributed by atoms with Crippen molar-refractivity contribution in [2.24, 2.45) is 13.0 Å². The normalized spacial score (nSPS) is 18.1. The predicted octanol–water partition coefficient (Wildman–Crippen LogP) is 1.000. The molecule has 3 rings (SSSR count). The van der Waals surface area contributed by atoms with Crippen molar-refractivity contribution in [1.82, 2.24) is 14.2 Å². The summed E-state index contributed by atoms with van der Waals surface area (Å²) in [7, 11) is -1.23. The van der Waals surface area contributed by atoms with Gasteiger partial charge in [0.05, 0.1) is 12.4 Å². The number of fused-ring (bicyclic) bond motifs is 1. The number of rotatable bonds is 5. The van der Waals surface area contributed by atoms with Crippen LogP contribution in [0.1, 0.15) is 24.5 Å². The Morgan fingerprint density at radius 2 is 2.00 bits per heavy atom. The summed E-state index contributed by atoms with van der Waals surface area (Å²) < 4.78 is 26.5. The summed E-state index contributed by atoms with van der Waals surface area (Å²) in [5.41, 5.74) is 1.85. The van der Waals surface area contributed by atoms with Crippen LogP contribution >= 0.6 is 0 Å². The van der Waals surface area contributed by atoms with Gasteiger partial charge in [-0.15, -0.1) is 0 Å². The summed E-state index contributed by atoms with van der Waals surface area (Å²) in [6.07, 6.45) is 3.38. The molecule has 2 N–H and O–H groups in total. The molecule has 26 heavy (non-hydrogen) atoms. The van der Waals surface area contributed by atoms with Crippen LogP contribution in [0.5, 0.6) is 0 Å². The maximum Gasteiger partial charge on any atom is 0.223 e. The first-order valence-corrected chi connectivity index (χ1v) is 10.6. The first kappa shape index (κ1) is 18.9. The number of aryl methyl sites for hydroxylation is 1. The van der Waals surface area contributed by atoms with Gasteiger partial charge >= 0.3 is 0 Å². The summed E-state index contributed by atoms with van der Waals surface area (Å²) in [5.74, 6) is -0.338. The number of hydrogen-bond acceptors (Lipinski definition) is 4. The van der Waals surface area contributed by atoms with Crippen molar-refractivity contribution in [2.75, 3.05) is 25.9 Å². The summed E-state index contributed by atoms with van der Waals surface area (Å²) >= 11 is 0. The average Bonchev–Trinajstić information content (AvgIpc) is 2.99. The van der Waals surface area contributed by atoms with E-state index in [9.17, 15) is 18.3 Å². The van der Waals surface area contributed by atoms with E-state index in [1.165, 1.54) is 10.6 Å². The van der Waals surface area contributed by atoms with Crippen molar-refractivity contribution in [3.63, 3.8) is 0 Å². The number of aliphatic hydroxyl groups is 1. The molecule has 1 amide bonds. The highest BCUT2D eigenvalue weighted by molar-refractivity contribution is 7.88. The number of benzene rings is 1. The fourth-order valence-corrected chi connectivity index (χ4v) is 4.29. The molecule has 1 fully saturated rings. The quantitative estimate of drug-likeness (QED) is 0.811. The van der Waals surface area contributed by atoms with E-state index in [4.69, 9.17) is 0 Å². The lowest BCUT2D eigenvalue weighted by atomic mass is 9.97. The monoisotopic (exact) mass is 379 g/mol. The fraction of sp³-hybridized carbons (Fsp3) is 0.500. The zero-order valence-electron chi connectivity index (χ0n) is 15.1. The van der Waals surface area contributed by atoms with E-state index in [1.54, 1.807) is 0 Å². The smallest absolute Gasteiger partial charge is 0.223 e. The Balaban J connectivity index is 1.54. The Labute approximate surface area is 153 Å². The zero-order valence-corrected chi connectivity index (χ0v) is 15.9. The zero-order chi connectivity index (χ0) is 18.9. The van der Waals surface area contributed by atoms with Gasteiger partial charge in [-0.2, -0.15) is 0 Å². The molecule has 0 aliphatic carbocycles. The molecule has 2 aromatic rings.